The van der Waals surface area contributed by atoms with Gasteiger partial charge in [-0.05, 0) is 12.1 Å². The van der Waals surface area contributed by atoms with Crippen LogP contribution >= 0.6 is 0 Å². The number of nitrogens with zero attached hydrogens (tertiary/aromatic N) is 4. The lowest BCUT2D eigenvalue weighted by molar-refractivity contribution is -0.137. The lowest BCUT2D eigenvalue weighted by Crippen LogP contribution is -2.37. The summed E-state index contributed by atoms with van der Waals surface area (Å²) in [5.41, 5.74) is 0.812. The molecule has 1 aliphatic heterocycles. The van der Waals surface area contributed by atoms with Gasteiger partial charge in [0.05, 0.1) is 24.7 Å². The minimum Gasteiger partial charge on any atom is -0.481 e. The molecule has 1 N–H and O–H groups in total. The van der Waals surface area contributed by atoms with Crippen molar-refractivity contribution in [3.63, 3.8) is 0 Å². The van der Waals surface area contributed by atoms with E-state index in [1.165, 1.54) is 21.9 Å². The van der Waals surface area contributed by atoms with Gasteiger partial charge in [0.15, 0.2) is 0 Å². The van der Waals surface area contributed by atoms with Crippen LogP contribution in [0.25, 0.3) is 5.52 Å². The minimum absolute atomic E-state index is 0.0511. The maximum Gasteiger partial charge on any atom is 0.305 e. The van der Waals surface area contributed by atoms with Crippen molar-refractivity contribution in [2.24, 2.45) is 0 Å². The maximum absolute atomic E-state index is 13.6. The first-order valence-corrected chi connectivity index (χ1v) is 6.52. The molecule has 21 heavy (non-hydrogen) atoms. The lowest BCUT2D eigenvalue weighted by Gasteiger charge is -2.22. The molecule has 2 aromatic heterocycles. The molecular formula is C13H13FN4O3. The van der Waals surface area contributed by atoms with Gasteiger partial charge in [-0.15, -0.1) is 0 Å². The van der Waals surface area contributed by atoms with Gasteiger partial charge in [0.1, 0.15) is 11.7 Å². The topological polar surface area (TPSA) is 87.8 Å². The van der Waals surface area contributed by atoms with E-state index in [2.05, 4.69) is 10.2 Å². The highest BCUT2D eigenvalue weighted by atomic mass is 19.1. The second-order valence-electron chi connectivity index (χ2n) is 5.00. The number of hydrogen-bond donors (Lipinski definition) is 1. The van der Waals surface area contributed by atoms with Gasteiger partial charge in [0.25, 0.3) is 5.91 Å². The molecule has 0 unspecified atom stereocenters. The first kappa shape index (κ1) is 13.5. The molecule has 1 aliphatic rings. The highest BCUT2D eigenvalue weighted by Crippen LogP contribution is 2.26. The largest absolute Gasteiger partial charge is 0.481 e. The Bertz CT molecular complexity index is 702. The molecule has 0 aliphatic carbocycles. The van der Waals surface area contributed by atoms with E-state index < -0.39 is 24.1 Å². The first-order chi connectivity index (χ1) is 10.1. The Labute approximate surface area is 119 Å². The first-order valence-electron chi connectivity index (χ1n) is 6.52. The fraction of sp³-hybridized carbons (Fsp3) is 0.385. The van der Waals surface area contributed by atoms with E-state index >= 15 is 0 Å². The molecule has 1 fully saturated rings. The van der Waals surface area contributed by atoms with Gasteiger partial charge in [-0.3, -0.25) is 9.59 Å². The summed E-state index contributed by atoms with van der Waals surface area (Å²) in [7, 11) is 0. The Kier molecular flexibility index (Phi) is 3.28. The predicted molar refractivity (Wildman–Crippen MR) is 69.6 cm³/mol. The number of aromatic nitrogens is 3. The van der Waals surface area contributed by atoms with E-state index in [-0.39, 0.29) is 19.4 Å². The fourth-order valence-electron chi connectivity index (χ4n) is 2.66. The number of carbonyl (C=O) groups excluding carboxylic acids is 1. The molecule has 110 valence electrons. The summed E-state index contributed by atoms with van der Waals surface area (Å²) < 4.78 is 14.9. The average molecular weight is 292 g/mol. The molecule has 8 heteroatoms. The van der Waals surface area contributed by atoms with Gasteiger partial charge in [0, 0.05) is 18.7 Å². The Hall–Kier alpha value is -2.51. The van der Waals surface area contributed by atoms with Crippen molar-refractivity contribution in [1.29, 1.82) is 0 Å². The van der Waals surface area contributed by atoms with Crippen LogP contribution in [0.5, 0.6) is 0 Å². The fourth-order valence-corrected chi connectivity index (χ4v) is 2.66. The van der Waals surface area contributed by atoms with E-state index in [1.54, 1.807) is 12.1 Å². The number of alkyl halides is 1. The molecule has 0 aromatic carbocycles. The Morgan fingerprint density at radius 3 is 3.00 bits per heavy atom. The number of carboxylic acids is 1. The number of aliphatic carboxylic acids is 1. The molecular weight excluding hydrogens is 279 g/mol. The van der Waals surface area contributed by atoms with Crippen molar-refractivity contribution in [3.8, 4) is 0 Å². The molecule has 2 atom stereocenters. The number of halogens is 1. The van der Waals surface area contributed by atoms with Crippen LogP contribution in [-0.2, 0) is 4.79 Å². The number of rotatable bonds is 3. The molecule has 0 spiro atoms. The van der Waals surface area contributed by atoms with E-state index in [4.69, 9.17) is 5.11 Å². The van der Waals surface area contributed by atoms with E-state index in [0.29, 0.717) is 11.1 Å². The summed E-state index contributed by atoms with van der Waals surface area (Å²) in [5.74, 6) is -1.46. The highest BCUT2D eigenvalue weighted by molar-refractivity contribution is 6.01. The van der Waals surface area contributed by atoms with Gasteiger partial charge >= 0.3 is 5.97 Å². The summed E-state index contributed by atoms with van der Waals surface area (Å²) >= 11 is 0. The van der Waals surface area contributed by atoms with Crippen LogP contribution < -0.4 is 0 Å². The number of carboxylic acid groups (broad SMARTS) is 1. The van der Waals surface area contributed by atoms with Crippen molar-refractivity contribution in [2.75, 3.05) is 6.54 Å². The van der Waals surface area contributed by atoms with Gasteiger partial charge in [0.2, 0.25) is 0 Å². The Morgan fingerprint density at radius 2 is 2.24 bits per heavy atom. The third-order valence-electron chi connectivity index (χ3n) is 3.57. The smallest absolute Gasteiger partial charge is 0.305 e. The molecule has 2 aromatic rings. The highest BCUT2D eigenvalue weighted by Gasteiger charge is 2.37. The molecule has 0 saturated carbocycles. The van der Waals surface area contributed by atoms with Crippen LogP contribution in [0, 0.1) is 0 Å². The zero-order valence-corrected chi connectivity index (χ0v) is 11.0. The van der Waals surface area contributed by atoms with Crippen LogP contribution in [0.3, 0.4) is 0 Å². The minimum atomic E-state index is -1.20. The molecule has 1 amide bonds. The number of likely N-dealkylation sites (tertiary alicyclic amines) is 1. The predicted octanol–water partition coefficient (Wildman–Crippen LogP) is 0.757. The summed E-state index contributed by atoms with van der Waals surface area (Å²) in [5, 5.41) is 16.8. The molecule has 3 rings (SSSR count). The third kappa shape index (κ3) is 2.44. The van der Waals surface area contributed by atoms with Gasteiger partial charge in [-0.25, -0.2) is 4.39 Å². The monoisotopic (exact) mass is 292 g/mol. The number of amides is 1. The lowest BCUT2D eigenvalue weighted by atomic mass is 10.1. The van der Waals surface area contributed by atoms with Gasteiger partial charge in [-0.1, -0.05) is 0 Å². The zero-order valence-electron chi connectivity index (χ0n) is 11.0. The van der Waals surface area contributed by atoms with Crippen LogP contribution in [0.2, 0.25) is 0 Å². The standard InChI is InChI=1S/C13H13FN4O3/c14-8-4-9(5-12(19)20)17(7-8)13(21)10-6-16-18-11(10)2-1-3-15-18/h1-3,6,8-9H,4-5,7H2,(H,19,20)/t8-,9+/m1/s1. The van der Waals surface area contributed by atoms with Crippen LogP contribution in [0.15, 0.2) is 24.5 Å². The second kappa shape index (κ2) is 5.12. The Balaban J connectivity index is 1.91. The average Bonchev–Trinajstić information content (AvgIpc) is 3.01. The third-order valence-corrected chi connectivity index (χ3v) is 3.57. The van der Waals surface area contributed by atoms with Gasteiger partial charge < -0.3 is 10.0 Å². The summed E-state index contributed by atoms with van der Waals surface area (Å²) in [6.07, 6.45) is 1.50. The summed E-state index contributed by atoms with van der Waals surface area (Å²) in [4.78, 5) is 24.7. The quantitative estimate of drug-likeness (QED) is 0.902. The van der Waals surface area contributed by atoms with E-state index in [0.717, 1.165) is 0 Å². The van der Waals surface area contributed by atoms with Crippen LogP contribution in [0.1, 0.15) is 23.2 Å². The number of hydrogen-bond acceptors (Lipinski definition) is 4. The molecule has 0 radical (unpaired) electrons. The summed E-state index contributed by atoms with van der Waals surface area (Å²) in [6, 6.07) is 2.73. The Morgan fingerprint density at radius 1 is 1.43 bits per heavy atom. The van der Waals surface area contributed by atoms with Crippen molar-refractivity contribution in [2.45, 2.75) is 25.1 Å². The van der Waals surface area contributed by atoms with Crippen molar-refractivity contribution in [1.82, 2.24) is 19.7 Å². The summed E-state index contributed by atoms with van der Waals surface area (Å²) in [6.45, 7) is -0.0889. The molecule has 7 nitrogen and oxygen atoms in total. The SMILES string of the molecule is O=C(O)C[C@@H]1C[C@@H](F)CN1C(=O)c1cnn2ncccc12. The normalized spacial score (nSPS) is 21.9. The van der Waals surface area contributed by atoms with E-state index in [1.807, 2.05) is 0 Å². The van der Waals surface area contributed by atoms with Crippen molar-refractivity contribution < 1.29 is 19.1 Å². The van der Waals surface area contributed by atoms with Crippen LogP contribution in [-0.4, -0.2) is 55.5 Å². The number of carbonyl (C=O) groups is 2. The molecule has 3 heterocycles. The molecule has 1 saturated heterocycles. The van der Waals surface area contributed by atoms with Crippen molar-refractivity contribution >= 4 is 17.4 Å². The zero-order chi connectivity index (χ0) is 15.0. The van der Waals surface area contributed by atoms with Gasteiger partial charge in [-0.2, -0.15) is 14.8 Å². The maximum atomic E-state index is 13.6. The van der Waals surface area contributed by atoms with Crippen LogP contribution in [0.4, 0.5) is 4.39 Å². The van der Waals surface area contributed by atoms with E-state index in [9.17, 15) is 14.0 Å². The molecule has 0 bridgehead atoms. The number of fused-ring (bicyclic) bond motifs is 1. The van der Waals surface area contributed by atoms with Crippen molar-refractivity contribution in [3.05, 3.63) is 30.1 Å². The second-order valence-corrected chi connectivity index (χ2v) is 5.00.